The van der Waals surface area contributed by atoms with Gasteiger partial charge in [-0.2, -0.15) is 0 Å². The summed E-state index contributed by atoms with van der Waals surface area (Å²) < 4.78 is 0. The number of hydrogen-bond acceptors (Lipinski definition) is 1. The van der Waals surface area contributed by atoms with Crippen molar-refractivity contribution in [1.29, 1.82) is 0 Å². The van der Waals surface area contributed by atoms with Crippen LogP contribution in [-0.4, -0.2) is 5.78 Å². The maximum absolute atomic E-state index is 11.9. The van der Waals surface area contributed by atoms with Gasteiger partial charge in [0.2, 0.25) is 0 Å². The lowest BCUT2D eigenvalue weighted by Crippen LogP contribution is -2.42. The summed E-state index contributed by atoms with van der Waals surface area (Å²) in [6, 6.07) is 0. The van der Waals surface area contributed by atoms with E-state index in [0.29, 0.717) is 22.5 Å². The van der Waals surface area contributed by atoms with E-state index in [1.165, 1.54) is 0 Å². The van der Waals surface area contributed by atoms with Crippen molar-refractivity contribution in [1.82, 2.24) is 0 Å². The first-order valence-electron chi connectivity index (χ1n) is 5.77. The van der Waals surface area contributed by atoms with E-state index in [1.54, 1.807) is 0 Å². The van der Waals surface area contributed by atoms with Gasteiger partial charge in [0.15, 0.2) is 0 Å². The highest BCUT2D eigenvalue weighted by atomic mass is 16.1. The van der Waals surface area contributed by atoms with Crippen LogP contribution in [0.1, 0.15) is 41.0 Å². The van der Waals surface area contributed by atoms with E-state index in [9.17, 15) is 4.79 Å². The topological polar surface area (TPSA) is 17.1 Å². The third kappa shape index (κ3) is 0.610. The summed E-state index contributed by atoms with van der Waals surface area (Å²) in [6.07, 6.45) is 0.843. The fraction of sp³-hybridized carbons (Fsp3) is 0.923. The van der Waals surface area contributed by atoms with Crippen molar-refractivity contribution in [2.45, 2.75) is 41.0 Å². The van der Waals surface area contributed by atoms with Crippen molar-refractivity contribution in [2.75, 3.05) is 0 Å². The van der Waals surface area contributed by atoms with Gasteiger partial charge in [0.1, 0.15) is 5.78 Å². The molecule has 0 aromatic carbocycles. The Labute approximate surface area is 86.3 Å². The molecule has 0 unspecified atom stereocenters. The Bertz CT molecular complexity index is 339. The summed E-state index contributed by atoms with van der Waals surface area (Å²) in [5, 5.41) is 0. The first-order valence-corrected chi connectivity index (χ1v) is 5.77. The molecule has 0 spiro atoms. The zero-order chi connectivity index (χ0) is 10.5. The van der Waals surface area contributed by atoms with Crippen molar-refractivity contribution < 1.29 is 4.79 Å². The molecule has 3 aliphatic rings. The van der Waals surface area contributed by atoms with Crippen molar-refractivity contribution >= 4 is 5.78 Å². The first-order chi connectivity index (χ1) is 6.24. The fourth-order valence-electron chi connectivity index (χ4n) is 5.29. The van der Waals surface area contributed by atoms with Gasteiger partial charge in [-0.15, -0.1) is 0 Å². The molecule has 14 heavy (non-hydrogen) atoms. The number of fused-ring (bicyclic) bond motifs is 4. The summed E-state index contributed by atoms with van der Waals surface area (Å²) in [4.78, 5) is 11.9. The summed E-state index contributed by atoms with van der Waals surface area (Å²) in [5.74, 6) is 2.86. The van der Waals surface area contributed by atoms with Crippen molar-refractivity contribution in [3.8, 4) is 0 Å². The third-order valence-corrected chi connectivity index (χ3v) is 5.73. The largest absolute Gasteiger partial charge is 0.299 e. The second kappa shape index (κ2) is 1.83. The van der Waals surface area contributed by atoms with Gasteiger partial charge < -0.3 is 0 Å². The molecule has 0 N–H and O–H groups in total. The average molecular weight is 192 g/mol. The van der Waals surface area contributed by atoms with Crippen LogP contribution in [-0.2, 0) is 4.79 Å². The minimum Gasteiger partial charge on any atom is -0.299 e. The van der Waals surface area contributed by atoms with Gasteiger partial charge in [-0.1, -0.05) is 34.6 Å². The second-order valence-electron chi connectivity index (χ2n) is 7.13. The highest BCUT2D eigenvalue weighted by Crippen LogP contribution is 2.87. The Morgan fingerprint density at radius 3 is 2.14 bits per heavy atom. The van der Waals surface area contributed by atoms with Crippen LogP contribution in [0.5, 0.6) is 0 Å². The van der Waals surface area contributed by atoms with E-state index in [0.717, 1.165) is 18.3 Å². The Hall–Kier alpha value is -0.330. The lowest BCUT2D eigenvalue weighted by molar-refractivity contribution is -0.125. The highest BCUT2D eigenvalue weighted by molar-refractivity contribution is 5.89. The first kappa shape index (κ1) is 8.94. The normalized spacial score (nSPS) is 56.1. The molecule has 0 aliphatic heterocycles. The zero-order valence-electron chi connectivity index (χ0n) is 9.85. The number of hydrogen-bond donors (Lipinski definition) is 0. The molecule has 0 radical (unpaired) electrons. The van der Waals surface area contributed by atoms with Gasteiger partial charge >= 0.3 is 0 Å². The van der Waals surface area contributed by atoms with Crippen LogP contribution in [0.15, 0.2) is 0 Å². The van der Waals surface area contributed by atoms with Crippen molar-refractivity contribution in [3.05, 3.63) is 0 Å². The molecule has 3 fully saturated rings. The number of carbonyl (C=O) groups is 1. The number of rotatable bonds is 0. The molecule has 0 aromatic heterocycles. The zero-order valence-corrected chi connectivity index (χ0v) is 9.85. The molecule has 0 heterocycles. The predicted molar refractivity (Wildman–Crippen MR) is 55.8 cm³/mol. The molecule has 4 atom stereocenters. The van der Waals surface area contributed by atoms with Crippen LogP contribution in [0.4, 0.5) is 0 Å². The maximum Gasteiger partial charge on any atom is 0.139 e. The van der Waals surface area contributed by atoms with E-state index in [4.69, 9.17) is 0 Å². The molecule has 0 bridgehead atoms. The van der Waals surface area contributed by atoms with Crippen LogP contribution in [0, 0.1) is 34.0 Å². The average Bonchev–Trinajstić information content (AvgIpc) is 2.42. The molecule has 0 saturated heterocycles. The van der Waals surface area contributed by atoms with E-state index >= 15 is 0 Å². The smallest absolute Gasteiger partial charge is 0.139 e. The maximum atomic E-state index is 11.9. The molecule has 1 nitrogen and oxygen atoms in total. The Balaban J connectivity index is 2.04. The van der Waals surface area contributed by atoms with Crippen LogP contribution in [0.2, 0.25) is 0 Å². The molecule has 3 rings (SSSR count). The molecular weight excluding hydrogens is 172 g/mol. The van der Waals surface area contributed by atoms with Crippen LogP contribution in [0.25, 0.3) is 0 Å². The monoisotopic (exact) mass is 192 g/mol. The van der Waals surface area contributed by atoms with Gasteiger partial charge in [-0.05, 0) is 28.6 Å². The summed E-state index contributed by atoms with van der Waals surface area (Å²) in [5.41, 5.74) is 0.843. The Morgan fingerprint density at radius 2 is 1.64 bits per heavy atom. The van der Waals surface area contributed by atoms with Crippen LogP contribution in [0.3, 0.4) is 0 Å². The van der Waals surface area contributed by atoms with Gasteiger partial charge in [-0.25, -0.2) is 0 Å². The fourth-order valence-corrected chi connectivity index (χ4v) is 5.29. The molecule has 3 saturated carbocycles. The van der Waals surface area contributed by atoms with Crippen LogP contribution < -0.4 is 0 Å². The summed E-state index contributed by atoms with van der Waals surface area (Å²) in [6.45, 7) is 11.4. The summed E-state index contributed by atoms with van der Waals surface area (Å²) >= 11 is 0. The standard InChI is InChI=1S/C13H20O/c1-11(2)7(14)6-13(5)9(11)8-10(13)12(8,3)4/h8-10H,6H2,1-5H3/t8-,9+,10+,13-/m0/s1. The van der Waals surface area contributed by atoms with Crippen LogP contribution >= 0.6 is 0 Å². The highest BCUT2D eigenvalue weighted by Gasteiger charge is 2.84. The van der Waals surface area contributed by atoms with E-state index in [2.05, 4.69) is 34.6 Å². The minimum absolute atomic E-state index is 0.0380. The second-order valence-corrected chi connectivity index (χ2v) is 7.13. The Morgan fingerprint density at radius 1 is 1.07 bits per heavy atom. The summed E-state index contributed by atoms with van der Waals surface area (Å²) in [7, 11) is 0. The minimum atomic E-state index is -0.0380. The number of ketones is 1. The SMILES string of the molecule is CC1(C)C(=O)C[C@@]2(C)[C@@H]1[C@H]1[C@@H]2C1(C)C. The lowest BCUT2D eigenvalue weighted by Gasteiger charge is -2.45. The van der Waals surface area contributed by atoms with Gasteiger partial charge in [0.25, 0.3) is 0 Å². The molecule has 1 heteroatoms. The Kier molecular flexibility index (Phi) is 1.17. The lowest BCUT2D eigenvalue weighted by atomic mass is 9.58. The third-order valence-electron chi connectivity index (χ3n) is 5.73. The molecule has 78 valence electrons. The van der Waals surface area contributed by atoms with E-state index in [-0.39, 0.29) is 5.41 Å². The van der Waals surface area contributed by atoms with Gasteiger partial charge in [0.05, 0.1) is 0 Å². The van der Waals surface area contributed by atoms with E-state index < -0.39 is 0 Å². The number of Topliss-reactive ketones (excluding diaryl/α,β-unsaturated/α-hetero) is 1. The van der Waals surface area contributed by atoms with Gasteiger partial charge in [-0.3, -0.25) is 4.79 Å². The van der Waals surface area contributed by atoms with Crippen molar-refractivity contribution in [2.24, 2.45) is 34.0 Å². The number of carbonyl (C=O) groups excluding carboxylic acids is 1. The van der Waals surface area contributed by atoms with E-state index in [1.807, 2.05) is 0 Å². The molecule has 0 aromatic rings. The van der Waals surface area contributed by atoms with Crippen molar-refractivity contribution in [3.63, 3.8) is 0 Å². The molecule has 3 aliphatic carbocycles. The molecule has 0 amide bonds. The molecular formula is C13H20O. The van der Waals surface area contributed by atoms with Gasteiger partial charge in [0, 0.05) is 11.8 Å². The quantitative estimate of drug-likeness (QED) is 0.577. The predicted octanol–water partition coefficient (Wildman–Crippen LogP) is 2.89.